The lowest BCUT2D eigenvalue weighted by atomic mass is 10.1. The van der Waals surface area contributed by atoms with Gasteiger partial charge in [0.05, 0.1) is 29.1 Å². The Morgan fingerprint density at radius 1 is 1.59 bits per heavy atom. The molecule has 0 aliphatic carbocycles. The van der Waals surface area contributed by atoms with Gasteiger partial charge in [0, 0.05) is 6.61 Å². The van der Waals surface area contributed by atoms with E-state index < -0.39 is 5.97 Å². The van der Waals surface area contributed by atoms with E-state index in [0.717, 1.165) is 13.0 Å². The number of hydrogen-bond acceptors (Lipinski definition) is 4. The lowest BCUT2D eigenvalue weighted by Crippen LogP contribution is -2.27. The maximum Gasteiger partial charge on any atom is 0.337 e. The van der Waals surface area contributed by atoms with Crippen LogP contribution in [0.5, 0.6) is 0 Å². The van der Waals surface area contributed by atoms with Crippen molar-refractivity contribution in [1.82, 2.24) is 0 Å². The molecule has 4 N–H and O–H groups in total. The number of hydrogen-bond donors (Lipinski definition) is 3. The molecule has 2 atom stereocenters. The molecule has 5 nitrogen and oxygen atoms in total. The summed E-state index contributed by atoms with van der Waals surface area (Å²) in [4.78, 5) is 10.9. The highest BCUT2D eigenvalue weighted by atomic mass is 16.5. The van der Waals surface area contributed by atoms with Crippen LogP contribution >= 0.6 is 0 Å². The minimum Gasteiger partial charge on any atom is -0.478 e. The zero-order valence-electron chi connectivity index (χ0n) is 9.64. The standard InChI is InChI=1S/C12H16N2O3/c1-7-9(5-6-17-7)14-10-4-2-3-8(11(10)13)12(15)16/h2-4,7,9,14H,5-6,13H2,1H3,(H,15,16). The molecular formula is C12H16N2O3. The second kappa shape index (κ2) is 4.63. The highest BCUT2D eigenvalue weighted by Crippen LogP contribution is 2.26. The van der Waals surface area contributed by atoms with Gasteiger partial charge in [-0.05, 0) is 25.5 Å². The first-order chi connectivity index (χ1) is 8.09. The molecule has 1 saturated heterocycles. The lowest BCUT2D eigenvalue weighted by Gasteiger charge is -2.19. The molecule has 5 heteroatoms. The summed E-state index contributed by atoms with van der Waals surface area (Å²) in [6.45, 7) is 2.71. The number of carboxylic acid groups (broad SMARTS) is 1. The third kappa shape index (κ3) is 2.34. The van der Waals surface area contributed by atoms with Crippen LogP contribution in [0.1, 0.15) is 23.7 Å². The fourth-order valence-electron chi connectivity index (χ4n) is 2.00. The van der Waals surface area contributed by atoms with Gasteiger partial charge in [-0.1, -0.05) is 6.07 Å². The number of rotatable bonds is 3. The largest absolute Gasteiger partial charge is 0.478 e. The second-order valence-corrected chi connectivity index (χ2v) is 4.19. The van der Waals surface area contributed by atoms with Crippen LogP contribution in [0, 0.1) is 0 Å². The Morgan fingerprint density at radius 3 is 2.94 bits per heavy atom. The minimum absolute atomic E-state index is 0.114. The molecule has 1 aliphatic rings. The number of aromatic carboxylic acids is 1. The number of carbonyl (C=O) groups is 1. The highest BCUT2D eigenvalue weighted by Gasteiger charge is 2.24. The summed E-state index contributed by atoms with van der Waals surface area (Å²) in [5, 5.41) is 12.2. The van der Waals surface area contributed by atoms with Gasteiger partial charge in [0.25, 0.3) is 0 Å². The van der Waals surface area contributed by atoms with E-state index in [2.05, 4.69) is 5.32 Å². The van der Waals surface area contributed by atoms with Crippen molar-refractivity contribution in [3.8, 4) is 0 Å². The third-order valence-electron chi connectivity index (χ3n) is 3.05. The quantitative estimate of drug-likeness (QED) is 0.693. The molecule has 1 aromatic carbocycles. The van der Waals surface area contributed by atoms with Gasteiger partial charge in [0.15, 0.2) is 0 Å². The second-order valence-electron chi connectivity index (χ2n) is 4.19. The van der Waals surface area contributed by atoms with E-state index in [-0.39, 0.29) is 23.4 Å². The summed E-state index contributed by atoms with van der Waals surface area (Å²) < 4.78 is 5.44. The Labute approximate surface area is 99.6 Å². The van der Waals surface area contributed by atoms with Gasteiger partial charge < -0.3 is 20.9 Å². The molecular weight excluding hydrogens is 220 g/mol. The van der Waals surface area contributed by atoms with E-state index in [4.69, 9.17) is 15.6 Å². The molecule has 0 aromatic heterocycles. The van der Waals surface area contributed by atoms with Gasteiger partial charge in [-0.3, -0.25) is 0 Å². The molecule has 1 aromatic rings. The van der Waals surface area contributed by atoms with Crippen molar-refractivity contribution in [2.24, 2.45) is 0 Å². The average molecular weight is 236 g/mol. The molecule has 0 bridgehead atoms. The van der Waals surface area contributed by atoms with Crippen LogP contribution in [0.15, 0.2) is 18.2 Å². The first kappa shape index (κ1) is 11.7. The van der Waals surface area contributed by atoms with Crippen LogP contribution in [0.3, 0.4) is 0 Å². The maximum absolute atomic E-state index is 10.9. The molecule has 17 heavy (non-hydrogen) atoms. The Balaban J connectivity index is 2.21. The molecule has 1 heterocycles. The number of nitrogens with one attached hydrogen (secondary N) is 1. The van der Waals surface area contributed by atoms with Crippen LogP contribution < -0.4 is 11.1 Å². The van der Waals surface area contributed by atoms with Gasteiger partial charge in [-0.25, -0.2) is 4.79 Å². The summed E-state index contributed by atoms with van der Waals surface area (Å²) in [5.41, 5.74) is 6.89. The van der Waals surface area contributed by atoms with Crippen LogP contribution in [0.4, 0.5) is 11.4 Å². The predicted molar refractivity (Wildman–Crippen MR) is 65.3 cm³/mol. The molecule has 0 radical (unpaired) electrons. The maximum atomic E-state index is 10.9. The number of nitrogen functional groups attached to an aromatic ring is 1. The molecule has 92 valence electrons. The van der Waals surface area contributed by atoms with Crippen LogP contribution in [0.2, 0.25) is 0 Å². The minimum atomic E-state index is -1.01. The third-order valence-corrected chi connectivity index (χ3v) is 3.05. The van der Waals surface area contributed by atoms with Crippen molar-refractivity contribution in [1.29, 1.82) is 0 Å². The smallest absolute Gasteiger partial charge is 0.337 e. The topological polar surface area (TPSA) is 84.6 Å². The fourth-order valence-corrected chi connectivity index (χ4v) is 2.00. The monoisotopic (exact) mass is 236 g/mol. The summed E-state index contributed by atoms with van der Waals surface area (Å²) >= 11 is 0. The number of ether oxygens (including phenoxy) is 1. The molecule has 0 amide bonds. The zero-order valence-corrected chi connectivity index (χ0v) is 9.64. The average Bonchev–Trinajstić information content (AvgIpc) is 2.67. The van der Waals surface area contributed by atoms with Crippen molar-refractivity contribution in [3.63, 3.8) is 0 Å². The number of carboxylic acids is 1. The number of nitrogens with two attached hydrogens (primary N) is 1. The Hall–Kier alpha value is -1.75. The molecule has 0 saturated carbocycles. The van der Waals surface area contributed by atoms with Gasteiger partial charge in [0.2, 0.25) is 0 Å². The first-order valence-electron chi connectivity index (χ1n) is 5.59. The summed E-state index contributed by atoms with van der Waals surface area (Å²) in [6.07, 6.45) is 1.01. The number of para-hydroxylation sites is 1. The molecule has 2 unspecified atom stereocenters. The van der Waals surface area contributed by atoms with Crippen molar-refractivity contribution in [3.05, 3.63) is 23.8 Å². The Bertz CT molecular complexity index is 434. The normalized spacial score (nSPS) is 23.6. The SMILES string of the molecule is CC1OCCC1Nc1cccc(C(=O)O)c1N. The van der Waals surface area contributed by atoms with Gasteiger partial charge in [0.1, 0.15) is 0 Å². The number of anilines is 2. The number of benzene rings is 1. The van der Waals surface area contributed by atoms with Crippen molar-refractivity contribution in [2.75, 3.05) is 17.7 Å². The van der Waals surface area contributed by atoms with E-state index in [9.17, 15) is 4.79 Å². The van der Waals surface area contributed by atoms with Gasteiger partial charge >= 0.3 is 5.97 Å². The lowest BCUT2D eigenvalue weighted by molar-refractivity contribution is 0.0698. The predicted octanol–water partition coefficient (Wildman–Crippen LogP) is 1.56. The zero-order chi connectivity index (χ0) is 12.4. The van der Waals surface area contributed by atoms with E-state index in [1.165, 1.54) is 6.07 Å². The van der Waals surface area contributed by atoms with Crippen molar-refractivity contribution >= 4 is 17.3 Å². The Morgan fingerprint density at radius 2 is 2.35 bits per heavy atom. The molecule has 0 spiro atoms. The van der Waals surface area contributed by atoms with Crippen LogP contribution in [-0.4, -0.2) is 29.8 Å². The van der Waals surface area contributed by atoms with E-state index >= 15 is 0 Å². The summed E-state index contributed by atoms with van der Waals surface area (Å²) in [6, 6.07) is 5.15. The van der Waals surface area contributed by atoms with E-state index in [1.807, 2.05) is 6.92 Å². The fraction of sp³-hybridized carbons (Fsp3) is 0.417. The molecule has 2 rings (SSSR count). The van der Waals surface area contributed by atoms with E-state index in [1.54, 1.807) is 12.1 Å². The Kier molecular flexibility index (Phi) is 3.19. The van der Waals surface area contributed by atoms with Crippen LogP contribution in [0.25, 0.3) is 0 Å². The van der Waals surface area contributed by atoms with Gasteiger partial charge in [-0.2, -0.15) is 0 Å². The summed E-state index contributed by atoms with van der Waals surface area (Å²) in [5.74, 6) is -1.01. The van der Waals surface area contributed by atoms with E-state index in [0.29, 0.717) is 5.69 Å². The van der Waals surface area contributed by atoms with Crippen molar-refractivity contribution < 1.29 is 14.6 Å². The molecule has 1 aliphatic heterocycles. The molecule has 1 fully saturated rings. The van der Waals surface area contributed by atoms with Gasteiger partial charge in [-0.15, -0.1) is 0 Å². The van der Waals surface area contributed by atoms with Crippen molar-refractivity contribution in [2.45, 2.75) is 25.5 Å². The summed E-state index contributed by atoms with van der Waals surface area (Å²) in [7, 11) is 0. The first-order valence-corrected chi connectivity index (χ1v) is 5.59. The highest BCUT2D eigenvalue weighted by molar-refractivity contribution is 5.97. The van der Waals surface area contributed by atoms with Crippen LogP contribution in [-0.2, 0) is 4.74 Å².